The van der Waals surface area contributed by atoms with E-state index in [1.807, 2.05) is 13.0 Å². The molecule has 3 heteroatoms. The molecule has 1 rings (SSSR count). The smallest absolute Gasteiger partial charge is 0.161 e. The summed E-state index contributed by atoms with van der Waals surface area (Å²) in [5, 5.41) is 0.0986. The first kappa shape index (κ1) is 16.2. The van der Waals surface area contributed by atoms with Crippen LogP contribution in [-0.2, 0) is 0 Å². The first-order valence-electron chi connectivity index (χ1n) is 7.13. The Morgan fingerprint density at radius 2 is 1.58 bits per heavy atom. The second-order valence-electron chi connectivity index (χ2n) is 4.87. The van der Waals surface area contributed by atoms with Crippen LogP contribution in [0.25, 0.3) is 0 Å². The van der Waals surface area contributed by atoms with E-state index < -0.39 is 0 Å². The van der Waals surface area contributed by atoms with Gasteiger partial charge < -0.3 is 9.47 Å². The van der Waals surface area contributed by atoms with E-state index in [1.165, 1.54) is 5.56 Å². The molecule has 19 heavy (non-hydrogen) atoms. The lowest BCUT2D eigenvalue weighted by molar-refractivity contribution is 0.268. The van der Waals surface area contributed by atoms with E-state index in [0.717, 1.165) is 24.3 Å². The van der Waals surface area contributed by atoms with Gasteiger partial charge in [0.1, 0.15) is 0 Å². The summed E-state index contributed by atoms with van der Waals surface area (Å²) in [5.74, 6) is 1.95. The summed E-state index contributed by atoms with van der Waals surface area (Å²) in [4.78, 5) is 0. The van der Waals surface area contributed by atoms with E-state index >= 15 is 0 Å². The Bertz CT molecular complexity index is 377. The van der Waals surface area contributed by atoms with Gasteiger partial charge in [0.25, 0.3) is 0 Å². The molecule has 108 valence electrons. The molecule has 0 aliphatic carbocycles. The Morgan fingerprint density at radius 3 is 2.11 bits per heavy atom. The first-order chi connectivity index (χ1) is 9.10. The lowest BCUT2D eigenvalue weighted by atomic mass is 9.98. The Balaban J connectivity index is 2.93. The molecule has 0 fully saturated rings. The van der Waals surface area contributed by atoms with Crippen molar-refractivity contribution in [3.63, 3.8) is 0 Å². The largest absolute Gasteiger partial charge is 0.490 e. The molecule has 0 aliphatic heterocycles. The fourth-order valence-corrected chi connectivity index (χ4v) is 1.87. The summed E-state index contributed by atoms with van der Waals surface area (Å²) in [6.45, 7) is 9.75. The number of hydrogen-bond acceptors (Lipinski definition) is 2. The van der Waals surface area contributed by atoms with Gasteiger partial charge in [-0.2, -0.15) is 0 Å². The Morgan fingerprint density at radius 1 is 1.00 bits per heavy atom. The zero-order chi connectivity index (χ0) is 14.3. The molecule has 0 amide bonds. The van der Waals surface area contributed by atoms with Crippen LogP contribution >= 0.6 is 11.6 Å². The van der Waals surface area contributed by atoms with Crippen LogP contribution in [-0.4, -0.2) is 18.6 Å². The third-order valence-corrected chi connectivity index (χ3v) is 3.48. The lowest BCUT2D eigenvalue weighted by Crippen LogP contribution is -2.07. The van der Waals surface area contributed by atoms with Crippen molar-refractivity contribution in [2.45, 2.75) is 51.8 Å². The van der Waals surface area contributed by atoms with Gasteiger partial charge in [-0.25, -0.2) is 0 Å². The molecule has 2 atom stereocenters. The average molecular weight is 285 g/mol. The third-order valence-electron chi connectivity index (χ3n) is 3.11. The summed E-state index contributed by atoms with van der Waals surface area (Å²) in [5.41, 5.74) is 1.19. The fraction of sp³-hybridized carbons (Fsp3) is 0.625. The topological polar surface area (TPSA) is 18.5 Å². The van der Waals surface area contributed by atoms with E-state index in [9.17, 15) is 0 Å². The molecule has 0 aliphatic rings. The highest BCUT2D eigenvalue weighted by Gasteiger charge is 2.15. The lowest BCUT2D eigenvalue weighted by Gasteiger charge is -2.18. The van der Waals surface area contributed by atoms with E-state index in [-0.39, 0.29) is 5.38 Å². The molecule has 0 aromatic heterocycles. The minimum absolute atomic E-state index is 0.0986. The molecule has 2 unspecified atom stereocenters. The molecule has 0 bridgehead atoms. The quantitative estimate of drug-likeness (QED) is 0.626. The first-order valence-corrected chi connectivity index (χ1v) is 7.57. The monoisotopic (exact) mass is 284 g/mol. The van der Waals surface area contributed by atoms with Gasteiger partial charge in [0.05, 0.1) is 13.2 Å². The number of alkyl halides is 1. The van der Waals surface area contributed by atoms with Crippen LogP contribution < -0.4 is 9.47 Å². The Labute approximate surface area is 122 Å². The van der Waals surface area contributed by atoms with Gasteiger partial charge in [-0.05, 0) is 43.4 Å². The molecule has 0 spiro atoms. The zero-order valence-electron chi connectivity index (χ0n) is 12.4. The maximum Gasteiger partial charge on any atom is 0.161 e. The summed E-state index contributed by atoms with van der Waals surface area (Å²) in [6.07, 6.45) is 1.98. The van der Waals surface area contributed by atoms with Crippen LogP contribution in [0.3, 0.4) is 0 Å². The predicted molar refractivity (Wildman–Crippen MR) is 81.7 cm³/mol. The summed E-state index contributed by atoms with van der Waals surface area (Å²) >= 11 is 6.17. The number of hydrogen-bond donors (Lipinski definition) is 0. The highest BCUT2D eigenvalue weighted by molar-refractivity contribution is 6.20. The Kier molecular flexibility index (Phi) is 7.07. The molecule has 1 aromatic rings. The number of ether oxygens (including phenoxy) is 2. The van der Waals surface area contributed by atoms with Gasteiger partial charge in [-0.15, -0.1) is 11.6 Å². The SMILES string of the molecule is CCCOc1ccc(C(C)C(C)Cl)cc1OCCC. The molecule has 0 N–H and O–H groups in total. The van der Waals surface area contributed by atoms with Crippen LogP contribution in [0, 0.1) is 0 Å². The molecule has 2 nitrogen and oxygen atoms in total. The van der Waals surface area contributed by atoms with Crippen molar-refractivity contribution in [1.82, 2.24) is 0 Å². The van der Waals surface area contributed by atoms with Crippen molar-refractivity contribution >= 4 is 11.6 Å². The third kappa shape index (κ3) is 4.94. The average Bonchev–Trinajstić information content (AvgIpc) is 2.42. The maximum atomic E-state index is 6.17. The van der Waals surface area contributed by atoms with Gasteiger partial charge in [0, 0.05) is 5.38 Å². The molecular weight excluding hydrogens is 260 g/mol. The molecule has 0 saturated heterocycles. The van der Waals surface area contributed by atoms with Gasteiger partial charge in [0.15, 0.2) is 11.5 Å². The summed E-state index contributed by atoms with van der Waals surface area (Å²) in [6, 6.07) is 6.13. The standard InChI is InChI=1S/C16H25ClO2/c1-5-9-18-15-8-7-14(12(3)13(4)17)11-16(15)19-10-6-2/h7-8,11-13H,5-6,9-10H2,1-4H3. The summed E-state index contributed by atoms with van der Waals surface area (Å²) in [7, 11) is 0. The van der Waals surface area contributed by atoms with Crippen molar-refractivity contribution in [1.29, 1.82) is 0 Å². The van der Waals surface area contributed by atoms with E-state index in [0.29, 0.717) is 19.1 Å². The van der Waals surface area contributed by atoms with Gasteiger partial charge >= 0.3 is 0 Å². The van der Waals surface area contributed by atoms with Crippen molar-refractivity contribution < 1.29 is 9.47 Å². The minimum atomic E-state index is 0.0986. The molecular formula is C16H25ClO2. The second-order valence-corrected chi connectivity index (χ2v) is 5.56. The second kappa shape index (κ2) is 8.31. The predicted octanol–water partition coefficient (Wildman–Crippen LogP) is 5.00. The van der Waals surface area contributed by atoms with Gasteiger partial charge in [0.2, 0.25) is 0 Å². The molecule has 1 aromatic carbocycles. The zero-order valence-corrected chi connectivity index (χ0v) is 13.2. The number of halogens is 1. The Hall–Kier alpha value is -0.890. The fourth-order valence-electron chi connectivity index (χ4n) is 1.73. The van der Waals surface area contributed by atoms with E-state index in [1.54, 1.807) is 0 Å². The van der Waals surface area contributed by atoms with Gasteiger partial charge in [-0.1, -0.05) is 26.8 Å². The summed E-state index contributed by atoms with van der Waals surface area (Å²) < 4.78 is 11.5. The van der Waals surface area contributed by atoms with Crippen molar-refractivity contribution in [3.05, 3.63) is 23.8 Å². The van der Waals surface area contributed by atoms with Crippen molar-refractivity contribution in [3.8, 4) is 11.5 Å². The van der Waals surface area contributed by atoms with Gasteiger partial charge in [-0.3, -0.25) is 0 Å². The number of benzene rings is 1. The van der Waals surface area contributed by atoms with Crippen LogP contribution in [0.2, 0.25) is 0 Å². The number of rotatable bonds is 8. The van der Waals surface area contributed by atoms with Crippen LogP contribution in [0.1, 0.15) is 52.0 Å². The maximum absolute atomic E-state index is 6.17. The van der Waals surface area contributed by atoms with Crippen LogP contribution in [0.5, 0.6) is 11.5 Å². The van der Waals surface area contributed by atoms with E-state index in [4.69, 9.17) is 21.1 Å². The highest BCUT2D eigenvalue weighted by atomic mass is 35.5. The normalized spacial score (nSPS) is 13.9. The minimum Gasteiger partial charge on any atom is -0.490 e. The molecule has 0 saturated carbocycles. The van der Waals surface area contributed by atoms with Crippen LogP contribution in [0.15, 0.2) is 18.2 Å². The molecule has 0 radical (unpaired) electrons. The van der Waals surface area contributed by atoms with Crippen LogP contribution in [0.4, 0.5) is 0 Å². The van der Waals surface area contributed by atoms with Crippen molar-refractivity contribution in [2.75, 3.05) is 13.2 Å². The van der Waals surface area contributed by atoms with E-state index in [2.05, 4.69) is 32.9 Å². The van der Waals surface area contributed by atoms with Crippen molar-refractivity contribution in [2.24, 2.45) is 0 Å². The molecule has 0 heterocycles. The highest BCUT2D eigenvalue weighted by Crippen LogP contribution is 2.33.